The number of hydrogen-bond donors (Lipinski definition) is 2. The van der Waals surface area contributed by atoms with Gasteiger partial charge in [0.15, 0.2) is 0 Å². The van der Waals surface area contributed by atoms with E-state index in [0.717, 1.165) is 16.7 Å². The highest BCUT2D eigenvalue weighted by Crippen LogP contribution is 2.44. The summed E-state index contributed by atoms with van der Waals surface area (Å²) in [5, 5.41) is 2.89. The highest BCUT2D eigenvalue weighted by Gasteiger charge is 2.52. The van der Waals surface area contributed by atoms with Crippen LogP contribution in [-0.4, -0.2) is 44.7 Å². The molecule has 1 amide bonds. The third-order valence-electron chi connectivity index (χ3n) is 7.97. The number of alkyl carbamates (subject to hydrolysis) is 1. The average Bonchev–Trinajstić information content (AvgIpc) is 3.35. The minimum Gasteiger partial charge on any atom is -0.497 e. The first-order valence-corrected chi connectivity index (χ1v) is 13.2. The lowest BCUT2D eigenvalue weighted by Gasteiger charge is -2.32. The molecule has 8 heteroatoms. The van der Waals surface area contributed by atoms with Crippen LogP contribution in [0.5, 0.6) is 5.75 Å². The SMILES string of the molecule is COc1ccc(N)c(C=C(CNC(=O)OCC2c3ccccc3-c3ccccc32)B2OC(C)(C)C(C)(C)O2)c1. The lowest BCUT2D eigenvalue weighted by atomic mass is 9.77. The van der Waals surface area contributed by atoms with Gasteiger partial charge in [0.25, 0.3) is 0 Å². The highest BCUT2D eigenvalue weighted by atomic mass is 16.7. The van der Waals surface area contributed by atoms with E-state index >= 15 is 0 Å². The van der Waals surface area contributed by atoms with E-state index in [9.17, 15) is 4.79 Å². The van der Waals surface area contributed by atoms with Crippen LogP contribution in [0.1, 0.15) is 50.3 Å². The normalized spacial score (nSPS) is 17.5. The molecule has 5 rings (SSSR count). The molecular weight excluding hydrogens is 491 g/mol. The first-order chi connectivity index (χ1) is 18.6. The van der Waals surface area contributed by atoms with E-state index in [4.69, 9.17) is 24.5 Å². The molecule has 0 saturated carbocycles. The number of benzene rings is 3. The van der Waals surface area contributed by atoms with E-state index in [1.54, 1.807) is 19.2 Å². The largest absolute Gasteiger partial charge is 0.497 e. The monoisotopic (exact) mass is 526 g/mol. The second kappa shape index (κ2) is 10.4. The van der Waals surface area contributed by atoms with Gasteiger partial charge in [-0.25, -0.2) is 4.79 Å². The second-order valence-corrected chi connectivity index (χ2v) is 11.0. The number of fused-ring (bicyclic) bond motifs is 3. The van der Waals surface area contributed by atoms with Crippen molar-refractivity contribution >= 4 is 25.0 Å². The van der Waals surface area contributed by atoms with Crippen LogP contribution in [0, 0.1) is 0 Å². The molecule has 1 fully saturated rings. The van der Waals surface area contributed by atoms with Crippen LogP contribution in [0.25, 0.3) is 17.2 Å². The summed E-state index contributed by atoms with van der Waals surface area (Å²) in [7, 11) is 0.932. The van der Waals surface area contributed by atoms with Gasteiger partial charge in [0.05, 0.1) is 18.3 Å². The van der Waals surface area contributed by atoms with Gasteiger partial charge in [-0.15, -0.1) is 0 Å². The second-order valence-electron chi connectivity index (χ2n) is 11.0. The lowest BCUT2D eigenvalue weighted by molar-refractivity contribution is 0.00578. The number of nitrogens with one attached hydrogen (secondary N) is 1. The number of carbonyl (C=O) groups excluding carboxylic acids is 1. The average molecular weight is 526 g/mol. The molecule has 1 aliphatic carbocycles. The van der Waals surface area contributed by atoms with E-state index in [1.807, 2.05) is 64.1 Å². The fourth-order valence-electron chi connectivity index (χ4n) is 5.03. The van der Waals surface area contributed by atoms with Gasteiger partial charge in [0.2, 0.25) is 0 Å². The Kier molecular flexibility index (Phi) is 7.18. The topological polar surface area (TPSA) is 92.0 Å². The summed E-state index contributed by atoms with van der Waals surface area (Å²) in [6, 6.07) is 21.9. The predicted molar refractivity (Wildman–Crippen MR) is 155 cm³/mol. The Hall–Kier alpha value is -3.75. The minimum atomic E-state index is -0.672. The van der Waals surface area contributed by atoms with Gasteiger partial charge in [-0.1, -0.05) is 54.6 Å². The van der Waals surface area contributed by atoms with Crippen molar-refractivity contribution in [3.63, 3.8) is 0 Å². The van der Waals surface area contributed by atoms with Gasteiger partial charge >= 0.3 is 13.2 Å². The maximum Gasteiger partial charge on any atom is 0.492 e. The standard InChI is InChI=1S/C31H35BN2O5/c1-30(2)31(3,4)39-32(38-30)21(16-20-17-22(36-5)14-15-28(20)33)18-34-29(35)37-19-27-25-12-8-6-10-23(25)24-11-7-9-13-26(24)27/h6-17,27H,18-19,33H2,1-5H3,(H,34,35). The number of anilines is 1. The molecule has 3 aromatic rings. The molecule has 0 bridgehead atoms. The summed E-state index contributed by atoms with van der Waals surface area (Å²) >= 11 is 0. The summed E-state index contributed by atoms with van der Waals surface area (Å²) in [5.74, 6) is 0.658. The Balaban J connectivity index is 1.32. The molecular formula is C31H35BN2O5. The van der Waals surface area contributed by atoms with Gasteiger partial charge in [0, 0.05) is 23.7 Å². The zero-order valence-electron chi connectivity index (χ0n) is 23.1. The summed E-state index contributed by atoms with van der Waals surface area (Å²) < 4.78 is 23.7. The fourth-order valence-corrected chi connectivity index (χ4v) is 5.03. The van der Waals surface area contributed by atoms with Crippen molar-refractivity contribution < 1.29 is 23.6 Å². The molecule has 7 nitrogen and oxygen atoms in total. The van der Waals surface area contributed by atoms with Crippen LogP contribution in [0.15, 0.2) is 72.2 Å². The van der Waals surface area contributed by atoms with Gasteiger partial charge in [-0.3, -0.25) is 0 Å². The van der Waals surface area contributed by atoms with Crippen LogP contribution >= 0.6 is 0 Å². The van der Waals surface area contributed by atoms with Crippen molar-refractivity contribution in [1.82, 2.24) is 5.32 Å². The minimum absolute atomic E-state index is 0.0159. The van der Waals surface area contributed by atoms with E-state index in [0.29, 0.717) is 16.9 Å². The Morgan fingerprint density at radius 1 is 0.974 bits per heavy atom. The van der Waals surface area contributed by atoms with E-state index in [-0.39, 0.29) is 19.1 Å². The first-order valence-electron chi connectivity index (χ1n) is 13.2. The Morgan fingerprint density at radius 3 is 2.15 bits per heavy atom. The number of nitrogen functional groups attached to an aromatic ring is 1. The highest BCUT2D eigenvalue weighted by molar-refractivity contribution is 6.56. The maximum atomic E-state index is 12.9. The van der Waals surface area contributed by atoms with E-state index in [1.165, 1.54) is 11.1 Å². The van der Waals surface area contributed by atoms with E-state index < -0.39 is 24.4 Å². The molecule has 1 aliphatic heterocycles. The molecule has 202 valence electrons. The number of carbonyl (C=O) groups is 1. The zero-order chi connectivity index (χ0) is 27.8. The number of rotatable bonds is 7. The Bertz CT molecular complexity index is 1360. The van der Waals surface area contributed by atoms with Crippen LogP contribution < -0.4 is 15.8 Å². The molecule has 2 aliphatic rings. The zero-order valence-corrected chi connectivity index (χ0v) is 23.1. The van der Waals surface area contributed by atoms with Crippen LogP contribution in [0.2, 0.25) is 0 Å². The fraction of sp³-hybridized carbons (Fsp3) is 0.323. The number of methoxy groups -OCH3 is 1. The van der Waals surface area contributed by atoms with Crippen molar-refractivity contribution in [3.8, 4) is 16.9 Å². The molecule has 0 unspecified atom stereocenters. The Labute approximate surface area is 230 Å². The van der Waals surface area contributed by atoms with E-state index in [2.05, 4.69) is 29.6 Å². The molecule has 0 aromatic heterocycles. The van der Waals surface area contributed by atoms with Gasteiger partial charge in [-0.2, -0.15) is 0 Å². The first kappa shape index (κ1) is 26.8. The molecule has 0 radical (unpaired) electrons. The number of amides is 1. The van der Waals surface area contributed by atoms with Crippen molar-refractivity contribution in [2.75, 3.05) is 26.0 Å². The van der Waals surface area contributed by atoms with Crippen LogP contribution in [-0.2, 0) is 14.0 Å². The third kappa shape index (κ3) is 5.27. The quantitative estimate of drug-likeness (QED) is 0.297. The number of ether oxygens (including phenoxy) is 2. The van der Waals surface area contributed by atoms with Gasteiger partial charge in [0.1, 0.15) is 12.4 Å². The maximum absolute atomic E-state index is 12.9. The Morgan fingerprint density at radius 2 is 1.56 bits per heavy atom. The van der Waals surface area contributed by atoms with Crippen molar-refractivity contribution in [1.29, 1.82) is 0 Å². The molecule has 1 heterocycles. The van der Waals surface area contributed by atoms with Crippen LogP contribution in [0.3, 0.4) is 0 Å². The molecule has 1 saturated heterocycles. The van der Waals surface area contributed by atoms with Crippen molar-refractivity contribution in [3.05, 3.63) is 88.9 Å². The van der Waals surface area contributed by atoms with Crippen molar-refractivity contribution in [2.45, 2.75) is 44.8 Å². The lowest BCUT2D eigenvalue weighted by Crippen LogP contribution is -2.41. The summed E-state index contributed by atoms with van der Waals surface area (Å²) in [4.78, 5) is 12.9. The molecule has 3 aromatic carbocycles. The summed E-state index contributed by atoms with van der Waals surface area (Å²) in [6.45, 7) is 8.35. The van der Waals surface area contributed by atoms with Gasteiger partial charge < -0.3 is 29.8 Å². The number of nitrogens with two attached hydrogens (primary N) is 1. The number of hydrogen-bond acceptors (Lipinski definition) is 6. The third-order valence-corrected chi connectivity index (χ3v) is 7.97. The molecule has 0 spiro atoms. The molecule has 0 atom stereocenters. The molecule has 39 heavy (non-hydrogen) atoms. The smallest absolute Gasteiger partial charge is 0.492 e. The van der Waals surface area contributed by atoms with Gasteiger partial charge in [-0.05, 0) is 73.6 Å². The summed E-state index contributed by atoms with van der Waals surface area (Å²) in [5.41, 5.74) is 11.9. The van der Waals surface area contributed by atoms with Crippen LogP contribution in [0.4, 0.5) is 10.5 Å². The van der Waals surface area contributed by atoms with Crippen molar-refractivity contribution in [2.24, 2.45) is 0 Å². The molecule has 3 N–H and O–H groups in total. The predicted octanol–water partition coefficient (Wildman–Crippen LogP) is 5.83. The summed E-state index contributed by atoms with van der Waals surface area (Å²) in [6.07, 6.45) is 1.36.